The third kappa shape index (κ3) is 3.62. The summed E-state index contributed by atoms with van der Waals surface area (Å²) in [6.07, 6.45) is 2.63. The second-order valence-electron chi connectivity index (χ2n) is 4.30. The molecule has 1 unspecified atom stereocenters. The van der Waals surface area contributed by atoms with Gasteiger partial charge in [-0.05, 0) is 27.2 Å². The quantitative estimate of drug-likeness (QED) is 0.517. The Morgan fingerprint density at radius 2 is 1.65 bits per heavy atom. The molecule has 0 aliphatic carbocycles. The molecule has 0 N–H and O–H groups in total. The van der Waals surface area contributed by atoms with Gasteiger partial charge in [0.25, 0.3) is 0 Å². The summed E-state index contributed by atoms with van der Waals surface area (Å²) in [6, 6.07) is 0. The first-order valence-corrected chi connectivity index (χ1v) is 9.30. The molecule has 1 heterocycles. The summed E-state index contributed by atoms with van der Waals surface area (Å²) < 4.78 is 19.6. The lowest BCUT2D eigenvalue weighted by Gasteiger charge is -2.27. The second-order valence-corrected chi connectivity index (χ2v) is 7.25. The SMILES string of the molecule is CCO[Si](OCC)(OCC)c1ncc(C(Cl)CC)n1C. The molecule has 20 heavy (non-hydrogen) atoms. The summed E-state index contributed by atoms with van der Waals surface area (Å²) in [7, 11) is -1.03. The number of hydrogen-bond acceptors (Lipinski definition) is 4. The van der Waals surface area contributed by atoms with Crippen LogP contribution in [0.1, 0.15) is 45.2 Å². The van der Waals surface area contributed by atoms with Gasteiger partial charge < -0.3 is 17.8 Å². The molecule has 0 fully saturated rings. The average molecular weight is 321 g/mol. The minimum absolute atomic E-state index is 0.0715. The summed E-state index contributed by atoms with van der Waals surface area (Å²) >= 11 is 6.32. The first-order valence-electron chi connectivity index (χ1n) is 7.14. The van der Waals surface area contributed by atoms with Gasteiger partial charge in [-0.2, -0.15) is 0 Å². The highest BCUT2D eigenvalue weighted by Crippen LogP contribution is 2.23. The van der Waals surface area contributed by atoms with Crippen LogP contribution in [0, 0.1) is 0 Å². The van der Waals surface area contributed by atoms with E-state index < -0.39 is 8.80 Å². The van der Waals surface area contributed by atoms with Crippen LogP contribution in [0.3, 0.4) is 0 Å². The van der Waals surface area contributed by atoms with E-state index in [0.29, 0.717) is 19.8 Å². The molecule has 1 aromatic heterocycles. The Morgan fingerprint density at radius 3 is 2.05 bits per heavy atom. The number of hydrogen-bond donors (Lipinski definition) is 0. The second kappa shape index (κ2) is 8.14. The van der Waals surface area contributed by atoms with Crippen molar-refractivity contribution in [2.24, 2.45) is 7.05 Å². The van der Waals surface area contributed by atoms with Gasteiger partial charge in [0.15, 0.2) is 5.45 Å². The Balaban J connectivity index is 3.22. The van der Waals surface area contributed by atoms with Crippen LogP contribution >= 0.6 is 11.6 Å². The molecule has 0 bridgehead atoms. The Labute approximate surface area is 127 Å². The number of halogens is 1. The molecule has 0 saturated heterocycles. The lowest BCUT2D eigenvalue weighted by Crippen LogP contribution is -2.60. The van der Waals surface area contributed by atoms with Gasteiger partial charge in [0.1, 0.15) is 0 Å². The summed E-state index contributed by atoms with van der Waals surface area (Å²) in [5, 5.41) is -0.0715. The largest absolute Gasteiger partial charge is 0.574 e. The zero-order valence-electron chi connectivity index (χ0n) is 13.0. The van der Waals surface area contributed by atoms with E-state index in [-0.39, 0.29) is 5.38 Å². The van der Waals surface area contributed by atoms with E-state index in [4.69, 9.17) is 24.9 Å². The van der Waals surface area contributed by atoms with Crippen LogP contribution < -0.4 is 5.45 Å². The van der Waals surface area contributed by atoms with Crippen molar-refractivity contribution in [3.05, 3.63) is 11.9 Å². The van der Waals surface area contributed by atoms with Crippen LogP contribution in [-0.2, 0) is 20.3 Å². The maximum atomic E-state index is 6.32. The summed E-state index contributed by atoms with van der Waals surface area (Å²) in [5.74, 6) is 0. The fourth-order valence-corrected chi connectivity index (χ4v) is 4.84. The molecule has 0 aliphatic heterocycles. The predicted molar refractivity (Wildman–Crippen MR) is 82.4 cm³/mol. The van der Waals surface area contributed by atoms with Crippen LogP contribution in [0.4, 0.5) is 0 Å². The first kappa shape index (κ1) is 17.6. The minimum Gasteiger partial charge on any atom is -0.369 e. The smallest absolute Gasteiger partial charge is 0.369 e. The van der Waals surface area contributed by atoms with Crippen molar-refractivity contribution in [2.45, 2.75) is 39.5 Å². The van der Waals surface area contributed by atoms with Gasteiger partial charge in [-0.1, -0.05) is 6.92 Å². The van der Waals surface area contributed by atoms with Crippen LogP contribution in [0.5, 0.6) is 0 Å². The van der Waals surface area contributed by atoms with Crippen molar-refractivity contribution < 1.29 is 13.3 Å². The molecular formula is C13H25ClN2O3Si. The van der Waals surface area contributed by atoms with Gasteiger partial charge in [-0.15, -0.1) is 11.6 Å². The molecule has 1 rings (SSSR count). The number of imidazole rings is 1. The van der Waals surface area contributed by atoms with Crippen molar-refractivity contribution in [3.63, 3.8) is 0 Å². The molecule has 5 nitrogen and oxygen atoms in total. The lowest BCUT2D eigenvalue weighted by molar-refractivity contribution is 0.0835. The molecule has 7 heteroatoms. The standard InChI is InChI=1S/C13H25ClN2O3Si/c1-6-11(14)12-10-15-13(16(12)5)20(17-7-2,18-8-3)19-9-4/h10-11H,6-9H2,1-5H3. The molecule has 1 atom stereocenters. The van der Waals surface area contributed by atoms with E-state index in [1.807, 2.05) is 39.3 Å². The fraction of sp³-hybridized carbons (Fsp3) is 0.769. The van der Waals surface area contributed by atoms with Gasteiger partial charge >= 0.3 is 8.80 Å². The Hall–Kier alpha value is -0.403. The minimum atomic E-state index is -2.96. The lowest BCUT2D eigenvalue weighted by atomic mass is 10.2. The van der Waals surface area contributed by atoms with E-state index in [0.717, 1.165) is 17.6 Å². The average Bonchev–Trinajstić information content (AvgIpc) is 2.81. The van der Waals surface area contributed by atoms with E-state index in [1.165, 1.54) is 0 Å². The molecule has 0 spiro atoms. The normalized spacial score (nSPS) is 13.7. The maximum absolute atomic E-state index is 6.32. The van der Waals surface area contributed by atoms with Crippen molar-refractivity contribution in [2.75, 3.05) is 19.8 Å². The molecule has 1 aromatic rings. The van der Waals surface area contributed by atoms with Gasteiger partial charge in [0.05, 0.1) is 11.1 Å². The molecule has 0 amide bonds. The van der Waals surface area contributed by atoms with Crippen molar-refractivity contribution in [1.29, 1.82) is 0 Å². The van der Waals surface area contributed by atoms with E-state index >= 15 is 0 Å². The van der Waals surface area contributed by atoms with Gasteiger partial charge in [0, 0.05) is 33.1 Å². The predicted octanol–water partition coefficient (Wildman–Crippen LogP) is 2.37. The maximum Gasteiger partial charge on any atom is 0.574 e. The van der Waals surface area contributed by atoms with Crippen LogP contribution in [0.2, 0.25) is 0 Å². The first-order chi connectivity index (χ1) is 9.56. The number of nitrogens with zero attached hydrogens (tertiary/aromatic N) is 2. The Bertz CT molecular complexity index is 397. The number of alkyl halides is 1. The van der Waals surface area contributed by atoms with Gasteiger partial charge in [-0.3, -0.25) is 0 Å². The van der Waals surface area contributed by atoms with Crippen LogP contribution in [0.15, 0.2) is 6.20 Å². The molecular weight excluding hydrogens is 296 g/mol. The fourth-order valence-electron chi connectivity index (χ4n) is 2.10. The zero-order chi connectivity index (χ0) is 15.2. The highest BCUT2D eigenvalue weighted by Gasteiger charge is 2.48. The number of aromatic nitrogens is 2. The molecule has 0 aliphatic rings. The third-order valence-corrected chi connectivity index (χ3v) is 6.53. The highest BCUT2D eigenvalue weighted by molar-refractivity contribution is 6.74. The zero-order valence-corrected chi connectivity index (χ0v) is 14.7. The van der Waals surface area contributed by atoms with Crippen LogP contribution in [0.25, 0.3) is 0 Å². The Kier molecular flexibility index (Phi) is 7.18. The topological polar surface area (TPSA) is 45.5 Å². The molecule has 116 valence electrons. The molecule has 0 aromatic carbocycles. The van der Waals surface area contributed by atoms with Crippen molar-refractivity contribution in [1.82, 2.24) is 9.55 Å². The molecule has 0 saturated carbocycles. The monoisotopic (exact) mass is 320 g/mol. The summed E-state index contributed by atoms with van der Waals surface area (Å²) in [5.41, 5.74) is 1.68. The highest BCUT2D eigenvalue weighted by atomic mass is 35.5. The van der Waals surface area contributed by atoms with Crippen molar-refractivity contribution >= 4 is 25.9 Å². The van der Waals surface area contributed by atoms with Gasteiger partial charge in [0.2, 0.25) is 0 Å². The van der Waals surface area contributed by atoms with Crippen LogP contribution in [-0.4, -0.2) is 38.2 Å². The van der Waals surface area contributed by atoms with Crippen molar-refractivity contribution in [3.8, 4) is 0 Å². The third-order valence-electron chi connectivity index (χ3n) is 2.98. The van der Waals surface area contributed by atoms with E-state index in [2.05, 4.69) is 4.98 Å². The van der Waals surface area contributed by atoms with E-state index in [1.54, 1.807) is 6.20 Å². The Morgan fingerprint density at radius 1 is 1.15 bits per heavy atom. The van der Waals surface area contributed by atoms with E-state index in [9.17, 15) is 0 Å². The molecule has 0 radical (unpaired) electrons. The summed E-state index contributed by atoms with van der Waals surface area (Å²) in [6.45, 7) is 9.40. The number of rotatable bonds is 9. The summed E-state index contributed by atoms with van der Waals surface area (Å²) in [4.78, 5) is 4.48. The van der Waals surface area contributed by atoms with Gasteiger partial charge in [-0.25, -0.2) is 4.98 Å².